The number of aryl methyl sites for hydroxylation is 3. The maximum Gasteiger partial charge on any atom is 0.382 e. The van der Waals surface area contributed by atoms with E-state index in [0.717, 1.165) is 5.56 Å². The van der Waals surface area contributed by atoms with Crippen LogP contribution in [-0.4, -0.2) is 18.2 Å². The van der Waals surface area contributed by atoms with Gasteiger partial charge in [-0.15, -0.1) is 4.47 Å². The van der Waals surface area contributed by atoms with Crippen LogP contribution in [0.4, 0.5) is 5.69 Å². The Bertz CT molecular complexity index is 458. The van der Waals surface area contributed by atoms with Crippen molar-refractivity contribution in [1.29, 1.82) is 0 Å². The summed E-state index contributed by atoms with van der Waals surface area (Å²) in [5.74, 6) is 0. The highest BCUT2D eigenvalue weighted by Crippen LogP contribution is 2.26. The fraction of sp³-hybridized carbons (Fsp3) is 0.333. The Kier molecular flexibility index (Phi) is 3.03. The average Bonchev–Trinajstić information content (AvgIpc) is 1.99. The number of nitrogens with zero attached hydrogens (tertiary/aromatic N) is 1. The molecule has 0 unspecified atom stereocenters. The highest BCUT2D eigenvalue weighted by Gasteiger charge is 2.20. The molecule has 0 bridgehead atoms. The van der Waals surface area contributed by atoms with Gasteiger partial charge in [-0.2, -0.15) is 8.42 Å². The summed E-state index contributed by atoms with van der Waals surface area (Å²) in [6.07, 6.45) is 0. The maximum absolute atomic E-state index is 10.8. The third-order valence-electron chi connectivity index (χ3n) is 2.05. The van der Waals surface area contributed by atoms with Crippen LogP contribution in [0.25, 0.3) is 0 Å². The van der Waals surface area contributed by atoms with Crippen LogP contribution in [0.15, 0.2) is 12.1 Å². The smallest absolute Gasteiger partial charge is 0.272 e. The summed E-state index contributed by atoms with van der Waals surface area (Å²) in [5, 5.41) is 9.30. The molecule has 1 rings (SSSR count). The predicted octanol–water partition coefficient (Wildman–Crippen LogP) is 1.61. The van der Waals surface area contributed by atoms with Crippen LogP contribution in [0.1, 0.15) is 16.7 Å². The maximum atomic E-state index is 10.8. The molecule has 0 aliphatic carbocycles. The highest BCUT2D eigenvalue weighted by atomic mass is 32.2. The van der Waals surface area contributed by atoms with Gasteiger partial charge in [0.25, 0.3) is 0 Å². The van der Waals surface area contributed by atoms with Crippen molar-refractivity contribution in [3.05, 3.63) is 28.8 Å². The van der Waals surface area contributed by atoms with Gasteiger partial charge in [-0.1, -0.05) is 17.7 Å². The van der Waals surface area contributed by atoms with E-state index in [1.807, 2.05) is 6.92 Å². The number of anilines is 1. The van der Waals surface area contributed by atoms with Gasteiger partial charge in [0.1, 0.15) is 0 Å². The Balaban J connectivity index is 3.39. The van der Waals surface area contributed by atoms with Crippen molar-refractivity contribution in [2.45, 2.75) is 20.8 Å². The van der Waals surface area contributed by atoms with Crippen molar-refractivity contribution in [3.8, 4) is 0 Å². The zero-order valence-corrected chi connectivity index (χ0v) is 9.54. The van der Waals surface area contributed by atoms with E-state index in [2.05, 4.69) is 0 Å². The van der Waals surface area contributed by atoms with E-state index in [4.69, 9.17) is 4.55 Å². The fourth-order valence-corrected chi connectivity index (χ4v) is 2.11. The van der Waals surface area contributed by atoms with Crippen LogP contribution < -0.4 is 4.47 Å². The first-order valence-corrected chi connectivity index (χ1v) is 5.67. The highest BCUT2D eigenvalue weighted by molar-refractivity contribution is 7.87. The Morgan fingerprint density at radius 2 is 1.53 bits per heavy atom. The topological polar surface area (TPSA) is 77.8 Å². The van der Waals surface area contributed by atoms with Crippen LogP contribution in [0.3, 0.4) is 0 Å². The van der Waals surface area contributed by atoms with Gasteiger partial charge < -0.3 is 0 Å². The molecule has 6 heteroatoms. The van der Waals surface area contributed by atoms with Gasteiger partial charge in [-0.3, -0.25) is 9.76 Å². The van der Waals surface area contributed by atoms with Crippen molar-refractivity contribution in [2.75, 3.05) is 4.47 Å². The Labute approximate surface area is 88.8 Å². The third kappa shape index (κ3) is 2.47. The molecule has 0 radical (unpaired) electrons. The van der Waals surface area contributed by atoms with Crippen molar-refractivity contribution >= 4 is 16.0 Å². The molecule has 0 amide bonds. The number of hydrogen-bond donors (Lipinski definition) is 2. The van der Waals surface area contributed by atoms with Gasteiger partial charge in [0.05, 0.1) is 5.69 Å². The van der Waals surface area contributed by atoms with E-state index in [1.54, 1.807) is 26.0 Å². The monoisotopic (exact) mass is 231 g/mol. The molecule has 84 valence electrons. The summed E-state index contributed by atoms with van der Waals surface area (Å²) in [6, 6.07) is 3.44. The number of rotatable bonds is 2. The van der Waals surface area contributed by atoms with Crippen LogP contribution in [0.2, 0.25) is 0 Å². The van der Waals surface area contributed by atoms with Crippen molar-refractivity contribution in [3.63, 3.8) is 0 Å². The Hall–Kier alpha value is -1.11. The standard InChI is InChI=1S/C9H13NO4S/c1-6-4-7(2)9(8(3)5-6)10(11)15(12,13)14/h4-5,11H,1-3H3,(H,12,13,14). The zero-order valence-electron chi connectivity index (χ0n) is 8.72. The van der Waals surface area contributed by atoms with Crippen molar-refractivity contribution in [1.82, 2.24) is 0 Å². The fourth-order valence-electron chi connectivity index (χ4n) is 1.59. The van der Waals surface area contributed by atoms with Gasteiger partial charge in [0.15, 0.2) is 0 Å². The molecule has 0 fully saturated rings. The van der Waals surface area contributed by atoms with Crippen molar-refractivity contribution < 1.29 is 18.2 Å². The van der Waals surface area contributed by atoms with Gasteiger partial charge >= 0.3 is 10.3 Å². The average molecular weight is 231 g/mol. The van der Waals surface area contributed by atoms with E-state index in [-0.39, 0.29) is 10.2 Å². The Morgan fingerprint density at radius 1 is 1.13 bits per heavy atom. The second kappa shape index (κ2) is 3.80. The molecule has 0 aliphatic rings. The second-order valence-electron chi connectivity index (χ2n) is 3.47. The van der Waals surface area contributed by atoms with Crippen LogP contribution in [0.5, 0.6) is 0 Å². The minimum Gasteiger partial charge on any atom is -0.272 e. The molecule has 0 saturated carbocycles. The first kappa shape index (κ1) is 12.0. The third-order valence-corrected chi connectivity index (χ3v) is 2.66. The van der Waals surface area contributed by atoms with Gasteiger partial charge in [0, 0.05) is 0 Å². The van der Waals surface area contributed by atoms with Crippen LogP contribution in [-0.2, 0) is 10.3 Å². The molecule has 0 aliphatic heterocycles. The lowest BCUT2D eigenvalue weighted by atomic mass is 10.1. The summed E-state index contributed by atoms with van der Waals surface area (Å²) in [4.78, 5) is 0. The summed E-state index contributed by atoms with van der Waals surface area (Å²) in [7, 11) is -4.62. The number of benzene rings is 1. The first-order valence-electron chi connectivity index (χ1n) is 4.28. The zero-order chi connectivity index (χ0) is 11.8. The second-order valence-corrected chi connectivity index (χ2v) is 4.71. The molecular weight excluding hydrogens is 218 g/mol. The SMILES string of the molecule is Cc1cc(C)c(N(O)S(=O)(=O)O)c(C)c1. The quantitative estimate of drug-likeness (QED) is 0.598. The molecule has 5 nitrogen and oxygen atoms in total. The summed E-state index contributed by atoms with van der Waals surface area (Å²) in [6.45, 7) is 5.17. The molecular formula is C9H13NO4S. The summed E-state index contributed by atoms with van der Waals surface area (Å²) in [5.41, 5.74) is 2.20. The molecule has 0 atom stereocenters. The van der Waals surface area contributed by atoms with Gasteiger partial charge in [-0.05, 0) is 31.9 Å². The van der Waals surface area contributed by atoms with Gasteiger partial charge in [0.2, 0.25) is 0 Å². The van der Waals surface area contributed by atoms with E-state index in [9.17, 15) is 13.6 Å². The molecule has 0 saturated heterocycles. The van der Waals surface area contributed by atoms with Crippen LogP contribution in [0, 0.1) is 20.8 Å². The molecule has 1 aromatic carbocycles. The lowest BCUT2D eigenvalue weighted by Crippen LogP contribution is -2.27. The van der Waals surface area contributed by atoms with E-state index in [0.29, 0.717) is 11.1 Å². The van der Waals surface area contributed by atoms with E-state index < -0.39 is 10.3 Å². The molecule has 1 aromatic rings. The largest absolute Gasteiger partial charge is 0.382 e. The minimum absolute atomic E-state index is 0.0862. The van der Waals surface area contributed by atoms with Gasteiger partial charge in [-0.25, -0.2) is 0 Å². The molecule has 2 N–H and O–H groups in total. The summed E-state index contributed by atoms with van der Waals surface area (Å²) < 4.78 is 30.1. The molecule has 15 heavy (non-hydrogen) atoms. The van der Waals surface area contributed by atoms with E-state index >= 15 is 0 Å². The van der Waals surface area contributed by atoms with Crippen molar-refractivity contribution in [2.24, 2.45) is 0 Å². The van der Waals surface area contributed by atoms with Crippen LogP contribution >= 0.6 is 0 Å². The lowest BCUT2D eigenvalue weighted by Gasteiger charge is -2.18. The lowest BCUT2D eigenvalue weighted by molar-refractivity contribution is 0.295. The normalized spacial score (nSPS) is 11.5. The molecule has 0 heterocycles. The number of hydrogen-bond acceptors (Lipinski definition) is 3. The molecule has 0 spiro atoms. The van der Waals surface area contributed by atoms with E-state index in [1.165, 1.54) is 0 Å². The predicted molar refractivity (Wildman–Crippen MR) is 56.5 cm³/mol. The first-order chi connectivity index (χ1) is 6.73. The molecule has 0 aromatic heterocycles. The summed E-state index contributed by atoms with van der Waals surface area (Å²) >= 11 is 0. The Morgan fingerprint density at radius 3 is 1.87 bits per heavy atom. The minimum atomic E-state index is -4.62.